The van der Waals surface area contributed by atoms with Crippen LogP contribution in [0.2, 0.25) is 0 Å². The van der Waals surface area contributed by atoms with Gasteiger partial charge in [-0.2, -0.15) is 0 Å². The van der Waals surface area contributed by atoms with Crippen LogP contribution < -0.4 is 5.73 Å². The molecule has 3 N–H and O–H groups in total. The van der Waals surface area contributed by atoms with Gasteiger partial charge < -0.3 is 10.9 Å². The molecule has 0 saturated carbocycles. The first-order valence-electron chi connectivity index (χ1n) is 5.22. The van der Waals surface area contributed by atoms with Crippen molar-refractivity contribution in [2.24, 2.45) is 10.9 Å². The summed E-state index contributed by atoms with van der Waals surface area (Å²) in [5, 5.41) is 11.4. The molecule has 0 aliphatic heterocycles. The van der Waals surface area contributed by atoms with E-state index in [0.717, 1.165) is 0 Å². The molecule has 0 amide bonds. The van der Waals surface area contributed by atoms with Crippen LogP contribution in [0.25, 0.3) is 0 Å². The minimum absolute atomic E-state index is 0.0791. The summed E-state index contributed by atoms with van der Waals surface area (Å²) in [6, 6.07) is -0.276. The van der Waals surface area contributed by atoms with E-state index in [-0.39, 0.29) is 23.4 Å². The molecule has 1 atom stereocenters. The fraction of sp³-hybridized carbons (Fsp3) is 0.889. The molecule has 0 saturated heterocycles. The zero-order chi connectivity index (χ0) is 12.8. The monoisotopic (exact) mass is 251 g/mol. The van der Waals surface area contributed by atoms with Gasteiger partial charge in [-0.1, -0.05) is 12.1 Å². The fourth-order valence-electron chi connectivity index (χ4n) is 1.20. The second-order valence-corrected chi connectivity index (χ2v) is 6.14. The van der Waals surface area contributed by atoms with E-state index in [0.29, 0.717) is 13.0 Å². The predicted molar refractivity (Wildman–Crippen MR) is 64.4 cm³/mol. The molecule has 0 radical (unpaired) electrons. The van der Waals surface area contributed by atoms with Gasteiger partial charge in [0, 0.05) is 12.3 Å². The molecule has 0 spiro atoms. The molecular formula is C9H21N3O3S. The van der Waals surface area contributed by atoms with Crippen LogP contribution in [0.3, 0.4) is 0 Å². The topological polar surface area (TPSA) is 96.0 Å². The molecule has 16 heavy (non-hydrogen) atoms. The largest absolute Gasteiger partial charge is 0.409 e. The quantitative estimate of drug-likeness (QED) is 0.284. The molecule has 0 rings (SSSR count). The molecule has 96 valence electrons. The molecule has 7 heteroatoms. The van der Waals surface area contributed by atoms with Crippen molar-refractivity contribution in [2.75, 3.05) is 25.1 Å². The zero-order valence-corrected chi connectivity index (χ0v) is 10.9. The third kappa shape index (κ3) is 5.32. The van der Waals surface area contributed by atoms with Crippen molar-refractivity contribution in [2.45, 2.75) is 26.3 Å². The first kappa shape index (κ1) is 15.2. The zero-order valence-electron chi connectivity index (χ0n) is 10.0. The minimum atomic E-state index is -2.98. The number of oxime groups is 1. The Kier molecular flexibility index (Phi) is 6.35. The van der Waals surface area contributed by atoms with Gasteiger partial charge in [0.05, 0.1) is 11.8 Å². The van der Waals surface area contributed by atoms with E-state index in [1.807, 2.05) is 6.92 Å². The summed E-state index contributed by atoms with van der Waals surface area (Å²) < 4.78 is 22.9. The van der Waals surface area contributed by atoms with Gasteiger partial charge in [-0.15, -0.1) is 0 Å². The van der Waals surface area contributed by atoms with E-state index in [4.69, 9.17) is 10.9 Å². The summed E-state index contributed by atoms with van der Waals surface area (Å²) in [6.45, 7) is 3.96. The number of hydrogen-bond donors (Lipinski definition) is 2. The molecule has 1 unspecified atom stereocenters. The Labute approximate surface area is 97.0 Å². The summed E-state index contributed by atoms with van der Waals surface area (Å²) in [5.74, 6) is 0.384. The van der Waals surface area contributed by atoms with Crippen molar-refractivity contribution in [3.05, 3.63) is 0 Å². The van der Waals surface area contributed by atoms with E-state index < -0.39 is 9.84 Å². The number of likely N-dealkylation sites (N-methyl/N-ethyl adjacent to an activating group) is 1. The highest BCUT2D eigenvalue weighted by Crippen LogP contribution is 1.99. The summed E-state index contributed by atoms with van der Waals surface area (Å²) in [4.78, 5) is 1.74. The minimum Gasteiger partial charge on any atom is -0.409 e. The maximum atomic E-state index is 11.5. The van der Waals surface area contributed by atoms with Gasteiger partial charge in [-0.05, 0) is 20.4 Å². The first-order valence-corrected chi connectivity index (χ1v) is 7.04. The molecule has 0 aliphatic carbocycles. The molecule has 0 aromatic heterocycles. The van der Waals surface area contributed by atoms with Gasteiger partial charge in [0.2, 0.25) is 0 Å². The first-order chi connectivity index (χ1) is 7.34. The van der Waals surface area contributed by atoms with Gasteiger partial charge in [0.25, 0.3) is 0 Å². The van der Waals surface area contributed by atoms with E-state index in [2.05, 4.69) is 5.16 Å². The molecule has 0 aliphatic rings. The summed E-state index contributed by atoms with van der Waals surface area (Å²) in [5.41, 5.74) is 5.42. The maximum Gasteiger partial charge on any atom is 0.156 e. The summed E-state index contributed by atoms with van der Waals surface area (Å²) in [6.07, 6.45) is 0.627. The van der Waals surface area contributed by atoms with Gasteiger partial charge in [-0.25, -0.2) is 8.42 Å². The smallest absolute Gasteiger partial charge is 0.156 e. The summed E-state index contributed by atoms with van der Waals surface area (Å²) >= 11 is 0. The van der Waals surface area contributed by atoms with Gasteiger partial charge in [0.1, 0.15) is 0 Å². The highest BCUT2D eigenvalue weighted by atomic mass is 32.2. The van der Waals surface area contributed by atoms with Crippen molar-refractivity contribution in [3.63, 3.8) is 0 Å². The lowest BCUT2D eigenvalue weighted by molar-refractivity contribution is 0.292. The average Bonchev–Trinajstić information content (AvgIpc) is 2.23. The number of rotatable bonds is 7. The summed E-state index contributed by atoms with van der Waals surface area (Å²) in [7, 11) is -1.24. The van der Waals surface area contributed by atoms with Gasteiger partial charge >= 0.3 is 0 Å². The van der Waals surface area contributed by atoms with Crippen LogP contribution >= 0.6 is 0 Å². The molecule has 0 heterocycles. The fourth-order valence-corrected chi connectivity index (χ4v) is 2.59. The lowest BCUT2D eigenvalue weighted by atomic mass is 10.3. The van der Waals surface area contributed by atoms with Crippen LogP contribution in [0.1, 0.15) is 20.3 Å². The number of nitrogens with two attached hydrogens (primary N) is 1. The van der Waals surface area contributed by atoms with E-state index in [1.165, 1.54) is 0 Å². The molecule has 0 aromatic carbocycles. The third-order valence-corrected chi connectivity index (χ3v) is 4.31. The second kappa shape index (κ2) is 6.70. The Bertz CT molecular complexity index is 327. The Morgan fingerprint density at radius 3 is 2.50 bits per heavy atom. The van der Waals surface area contributed by atoms with Gasteiger partial charge in [0.15, 0.2) is 15.7 Å². The lowest BCUT2D eigenvalue weighted by Gasteiger charge is -2.23. The highest BCUT2D eigenvalue weighted by Gasteiger charge is 2.16. The molecule has 6 nitrogen and oxygen atoms in total. The van der Waals surface area contributed by atoms with Crippen LogP contribution in [0.5, 0.6) is 0 Å². The van der Waals surface area contributed by atoms with E-state index in [9.17, 15) is 8.42 Å². The highest BCUT2D eigenvalue weighted by molar-refractivity contribution is 7.91. The molecule has 0 aromatic rings. The maximum absolute atomic E-state index is 11.5. The van der Waals surface area contributed by atoms with Crippen LogP contribution in [-0.4, -0.2) is 55.5 Å². The van der Waals surface area contributed by atoms with E-state index >= 15 is 0 Å². The Hall–Kier alpha value is -0.820. The van der Waals surface area contributed by atoms with Crippen molar-refractivity contribution in [1.29, 1.82) is 0 Å². The van der Waals surface area contributed by atoms with Crippen LogP contribution in [0.15, 0.2) is 5.16 Å². The third-order valence-electron chi connectivity index (χ3n) is 2.47. The van der Waals surface area contributed by atoms with Crippen molar-refractivity contribution in [3.8, 4) is 0 Å². The van der Waals surface area contributed by atoms with Crippen LogP contribution in [0, 0.1) is 0 Å². The average molecular weight is 251 g/mol. The number of amidine groups is 1. The van der Waals surface area contributed by atoms with Crippen molar-refractivity contribution >= 4 is 15.7 Å². The lowest BCUT2D eigenvalue weighted by Crippen LogP contribution is -2.42. The van der Waals surface area contributed by atoms with Crippen LogP contribution in [0.4, 0.5) is 0 Å². The number of sulfone groups is 1. The second-order valence-electron chi connectivity index (χ2n) is 3.83. The number of hydrogen-bond acceptors (Lipinski definition) is 5. The Balaban J connectivity index is 4.22. The van der Waals surface area contributed by atoms with Crippen molar-refractivity contribution < 1.29 is 13.6 Å². The van der Waals surface area contributed by atoms with Crippen LogP contribution in [-0.2, 0) is 9.84 Å². The SMILES string of the molecule is CCCS(=O)(=O)CCN(C)C(C)C(N)=NO. The molecule has 0 fully saturated rings. The standard InChI is InChI=1S/C9H21N3O3S/c1-4-6-16(14,15)7-5-12(3)8(2)9(10)11-13/h8,13H,4-7H2,1-3H3,(H2,10,11). The van der Waals surface area contributed by atoms with E-state index in [1.54, 1.807) is 18.9 Å². The normalized spacial score (nSPS) is 15.4. The molecular weight excluding hydrogens is 230 g/mol. The number of nitrogens with zero attached hydrogens (tertiary/aromatic N) is 2. The Morgan fingerprint density at radius 2 is 2.06 bits per heavy atom. The predicted octanol–water partition coefficient (Wildman–Crippen LogP) is -0.122. The Morgan fingerprint density at radius 1 is 1.50 bits per heavy atom. The van der Waals surface area contributed by atoms with Crippen molar-refractivity contribution in [1.82, 2.24) is 4.90 Å². The van der Waals surface area contributed by atoms with Gasteiger partial charge in [-0.3, -0.25) is 4.90 Å². The molecule has 0 bridgehead atoms.